The van der Waals surface area contributed by atoms with Crippen LogP contribution in [-0.2, 0) is 11.3 Å². The maximum Gasteiger partial charge on any atom is 0.242 e. The fraction of sp³-hybridized carbons (Fsp3) is 0.375. The molecule has 4 aromatic rings. The number of nitrogens with one attached hydrogen (secondary N) is 1. The second-order valence-corrected chi connectivity index (χ2v) is 8.46. The molecule has 10 nitrogen and oxygen atoms in total. The Morgan fingerprint density at radius 1 is 1.06 bits per heavy atom. The number of hydrogen-bond acceptors (Lipinski definition) is 9. The topological polar surface area (TPSA) is 103 Å². The first-order valence-electron chi connectivity index (χ1n) is 11.4. The van der Waals surface area contributed by atoms with Crippen molar-refractivity contribution in [3.8, 4) is 17.3 Å². The van der Waals surface area contributed by atoms with Crippen molar-refractivity contribution in [2.45, 2.75) is 26.4 Å². The Bertz CT molecular complexity index is 1270. The van der Waals surface area contributed by atoms with Gasteiger partial charge in [-0.2, -0.15) is 0 Å². The molecule has 176 valence electrons. The number of fused-ring (bicyclic) bond motifs is 1. The van der Waals surface area contributed by atoms with Crippen LogP contribution in [0.25, 0.3) is 22.4 Å². The molecule has 1 aliphatic heterocycles. The molecule has 10 heteroatoms. The molecular formula is C24H28N8O2. The predicted molar refractivity (Wildman–Crippen MR) is 129 cm³/mol. The van der Waals surface area contributed by atoms with Crippen LogP contribution < -0.4 is 10.1 Å². The van der Waals surface area contributed by atoms with Gasteiger partial charge in [-0.25, -0.2) is 24.9 Å². The number of anilines is 2. The number of pyridine rings is 2. The largest absolute Gasteiger partial charge is 0.479 e. The third-order valence-corrected chi connectivity index (χ3v) is 5.77. The van der Waals surface area contributed by atoms with Gasteiger partial charge in [-0.1, -0.05) is 6.07 Å². The quantitative estimate of drug-likeness (QED) is 0.444. The minimum absolute atomic E-state index is 0.255. The third kappa shape index (κ3) is 4.68. The number of methoxy groups -OCH3 is 1. The lowest BCUT2D eigenvalue weighted by Gasteiger charge is -2.26. The smallest absolute Gasteiger partial charge is 0.242 e. The Hall–Kier alpha value is -3.63. The summed E-state index contributed by atoms with van der Waals surface area (Å²) in [5.41, 5.74) is 4.20. The number of imidazole rings is 1. The van der Waals surface area contributed by atoms with E-state index in [0.717, 1.165) is 49.4 Å². The van der Waals surface area contributed by atoms with Crippen LogP contribution in [0.1, 0.15) is 25.5 Å². The van der Waals surface area contributed by atoms with Gasteiger partial charge in [0, 0.05) is 38.1 Å². The van der Waals surface area contributed by atoms with E-state index in [1.54, 1.807) is 13.3 Å². The highest BCUT2D eigenvalue weighted by Gasteiger charge is 2.16. The molecule has 1 N–H and O–H groups in total. The second-order valence-electron chi connectivity index (χ2n) is 8.46. The lowest BCUT2D eigenvalue weighted by Crippen LogP contribution is -2.35. The fourth-order valence-electron chi connectivity index (χ4n) is 3.97. The molecule has 1 saturated heterocycles. The van der Waals surface area contributed by atoms with E-state index in [9.17, 15) is 0 Å². The van der Waals surface area contributed by atoms with E-state index in [4.69, 9.17) is 9.47 Å². The van der Waals surface area contributed by atoms with Gasteiger partial charge in [0.2, 0.25) is 11.8 Å². The molecule has 0 amide bonds. The molecule has 0 radical (unpaired) electrons. The van der Waals surface area contributed by atoms with Gasteiger partial charge in [-0.05, 0) is 37.6 Å². The van der Waals surface area contributed by atoms with Crippen molar-refractivity contribution in [3.63, 3.8) is 0 Å². The van der Waals surface area contributed by atoms with E-state index < -0.39 is 0 Å². The van der Waals surface area contributed by atoms with Crippen LogP contribution in [0.5, 0.6) is 5.88 Å². The molecule has 5 rings (SSSR count). The Balaban J connectivity index is 1.36. The maximum absolute atomic E-state index is 5.51. The second kappa shape index (κ2) is 9.70. The van der Waals surface area contributed by atoms with Gasteiger partial charge in [0.1, 0.15) is 5.82 Å². The van der Waals surface area contributed by atoms with Gasteiger partial charge in [0.15, 0.2) is 5.52 Å². The summed E-state index contributed by atoms with van der Waals surface area (Å²) in [5.74, 6) is 1.60. The van der Waals surface area contributed by atoms with Crippen molar-refractivity contribution < 1.29 is 9.47 Å². The van der Waals surface area contributed by atoms with E-state index in [1.165, 1.54) is 0 Å². The predicted octanol–water partition coefficient (Wildman–Crippen LogP) is 3.45. The third-order valence-electron chi connectivity index (χ3n) is 5.77. The Morgan fingerprint density at radius 2 is 1.91 bits per heavy atom. The average molecular weight is 461 g/mol. The van der Waals surface area contributed by atoms with Gasteiger partial charge in [0.25, 0.3) is 0 Å². The lowest BCUT2D eigenvalue weighted by molar-refractivity contribution is 0.0341. The molecule has 0 unspecified atom stereocenters. The molecular weight excluding hydrogens is 432 g/mol. The van der Waals surface area contributed by atoms with Gasteiger partial charge in [-0.3, -0.25) is 4.90 Å². The molecule has 0 aliphatic carbocycles. The standard InChI is InChI=1S/C24H28N8O2/c1-16(2)32-15-27-22-20(32)12-19(28-23(22)33-3)18-6-7-25-24(29-18)30-21-5-4-17(13-26-21)14-31-8-10-34-11-9-31/h4-7,12-13,15-16H,8-11,14H2,1-3H3,(H,25,26,29,30). The van der Waals surface area contributed by atoms with Gasteiger partial charge >= 0.3 is 0 Å². The molecule has 0 saturated carbocycles. The molecule has 0 atom stereocenters. The summed E-state index contributed by atoms with van der Waals surface area (Å²) >= 11 is 0. The first-order chi connectivity index (χ1) is 16.6. The monoisotopic (exact) mass is 460 g/mol. The summed E-state index contributed by atoms with van der Waals surface area (Å²) in [6.07, 6.45) is 5.40. The average Bonchev–Trinajstić information content (AvgIpc) is 3.30. The molecule has 4 aromatic heterocycles. The van der Waals surface area contributed by atoms with E-state index in [2.05, 4.69) is 59.6 Å². The van der Waals surface area contributed by atoms with Crippen molar-refractivity contribution >= 4 is 22.8 Å². The van der Waals surface area contributed by atoms with Crippen LogP contribution in [0.15, 0.2) is 43.0 Å². The zero-order chi connectivity index (χ0) is 23.5. The van der Waals surface area contributed by atoms with E-state index in [1.807, 2.05) is 30.7 Å². The number of hydrogen-bond donors (Lipinski definition) is 1. The van der Waals surface area contributed by atoms with Crippen LogP contribution in [0.3, 0.4) is 0 Å². The van der Waals surface area contributed by atoms with Crippen LogP contribution in [0.2, 0.25) is 0 Å². The van der Waals surface area contributed by atoms with Crippen molar-refractivity contribution in [2.24, 2.45) is 0 Å². The Labute approximate surface area is 198 Å². The van der Waals surface area contributed by atoms with Gasteiger partial charge in [-0.15, -0.1) is 0 Å². The van der Waals surface area contributed by atoms with Gasteiger partial charge in [0.05, 0.1) is 43.6 Å². The minimum Gasteiger partial charge on any atom is -0.479 e. The highest BCUT2D eigenvalue weighted by molar-refractivity contribution is 5.84. The van der Waals surface area contributed by atoms with Crippen LogP contribution in [0.4, 0.5) is 11.8 Å². The molecule has 34 heavy (non-hydrogen) atoms. The minimum atomic E-state index is 0.255. The summed E-state index contributed by atoms with van der Waals surface area (Å²) in [7, 11) is 1.60. The van der Waals surface area contributed by atoms with E-state index >= 15 is 0 Å². The first-order valence-corrected chi connectivity index (χ1v) is 11.4. The molecule has 0 aromatic carbocycles. The number of ether oxygens (including phenoxy) is 2. The Morgan fingerprint density at radius 3 is 2.65 bits per heavy atom. The summed E-state index contributed by atoms with van der Waals surface area (Å²) in [6, 6.07) is 8.08. The zero-order valence-electron chi connectivity index (χ0n) is 19.6. The highest BCUT2D eigenvalue weighted by atomic mass is 16.5. The molecule has 0 bridgehead atoms. The van der Waals surface area contributed by atoms with Gasteiger partial charge < -0.3 is 19.4 Å². The van der Waals surface area contributed by atoms with E-state index in [0.29, 0.717) is 29.0 Å². The van der Waals surface area contributed by atoms with Crippen LogP contribution in [-0.4, -0.2) is 67.8 Å². The summed E-state index contributed by atoms with van der Waals surface area (Å²) in [5, 5.41) is 3.19. The molecule has 0 spiro atoms. The summed E-state index contributed by atoms with van der Waals surface area (Å²) < 4.78 is 13.0. The van der Waals surface area contributed by atoms with Crippen LogP contribution in [0, 0.1) is 0 Å². The van der Waals surface area contributed by atoms with Crippen molar-refractivity contribution in [2.75, 3.05) is 38.7 Å². The van der Waals surface area contributed by atoms with Crippen molar-refractivity contribution in [1.82, 2.24) is 34.4 Å². The molecule has 5 heterocycles. The van der Waals surface area contributed by atoms with Crippen LogP contribution >= 0.6 is 0 Å². The number of morpholine rings is 1. The number of aromatic nitrogens is 6. The van der Waals surface area contributed by atoms with Crippen molar-refractivity contribution in [1.29, 1.82) is 0 Å². The number of nitrogens with zero attached hydrogens (tertiary/aromatic N) is 7. The SMILES string of the molecule is COc1nc(-c2ccnc(Nc3ccc(CN4CCOCC4)cn3)n2)cc2c1ncn2C(C)C. The first kappa shape index (κ1) is 22.2. The fourth-order valence-corrected chi connectivity index (χ4v) is 3.97. The normalized spacial score (nSPS) is 14.6. The maximum atomic E-state index is 5.51. The summed E-state index contributed by atoms with van der Waals surface area (Å²) in [6.45, 7) is 8.56. The Kier molecular flexibility index (Phi) is 6.33. The number of rotatable bonds is 7. The molecule has 1 aliphatic rings. The van der Waals surface area contributed by atoms with Crippen molar-refractivity contribution in [3.05, 3.63) is 48.5 Å². The van der Waals surface area contributed by atoms with E-state index in [-0.39, 0.29) is 6.04 Å². The zero-order valence-corrected chi connectivity index (χ0v) is 19.6. The highest BCUT2D eigenvalue weighted by Crippen LogP contribution is 2.29. The molecule has 1 fully saturated rings. The lowest BCUT2D eigenvalue weighted by atomic mass is 10.2. The summed E-state index contributed by atoms with van der Waals surface area (Å²) in [4.78, 5) is 25.0.